The van der Waals surface area contributed by atoms with E-state index in [9.17, 15) is 4.79 Å². The Morgan fingerprint density at radius 3 is 3.06 bits per heavy atom. The molecule has 0 fully saturated rings. The van der Waals surface area contributed by atoms with Crippen LogP contribution in [0.1, 0.15) is 19.4 Å². The summed E-state index contributed by atoms with van der Waals surface area (Å²) >= 11 is 3.12. The summed E-state index contributed by atoms with van der Waals surface area (Å²) in [7, 11) is 0. The molecule has 0 aliphatic carbocycles. The van der Waals surface area contributed by atoms with Crippen LogP contribution in [0.4, 0.5) is 5.69 Å². The van der Waals surface area contributed by atoms with Crippen LogP contribution in [0, 0.1) is 0 Å². The zero-order valence-corrected chi connectivity index (χ0v) is 12.0. The second-order valence-corrected chi connectivity index (χ2v) is 6.31. The van der Waals surface area contributed by atoms with Crippen LogP contribution in [0.3, 0.4) is 0 Å². The molecule has 96 valence electrons. The van der Waals surface area contributed by atoms with E-state index in [0.717, 1.165) is 15.8 Å². The second-order valence-electron chi connectivity index (χ2n) is 4.12. The minimum absolute atomic E-state index is 0.0558. The van der Waals surface area contributed by atoms with Crippen molar-refractivity contribution in [3.05, 3.63) is 29.8 Å². The molecule has 0 radical (unpaired) electrons. The Hall–Kier alpha value is -0.940. The second kappa shape index (κ2) is 6.29. The highest BCUT2D eigenvalue weighted by Gasteiger charge is 2.14. The van der Waals surface area contributed by atoms with Crippen molar-refractivity contribution < 1.29 is 9.53 Å². The normalized spacial score (nSPS) is 14.1. The van der Waals surface area contributed by atoms with Crippen LogP contribution >= 0.6 is 23.5 Å². The molecule has 1 heterocycles. The van der Waals surface area contributed by atoms with E-state index in [-0.39, 0.29) is 12.1 Å². The molecule has 18 heavy (non-hydrogen) atoms. The van der Waals surface area contributed by atoms with Crippen molar-refractivity contribution in [2.75, 3.05) is 5.75 Å². The molecule has 0 saturated heterocycles. The van der Waals surface area contributed by atoms with Gasteiger partial charge in [-0.25, -0.2) is 4.99 Å². The number of hydrogen-bond acceptors (Lipinski definition) is 5. The highest BCUT2D eigenvalue weighted by atomic mass is 32.2. The Bertz CT molecular complexity index is 472. The van der Waals surface area contributed by atoms with E-state index >= 15 is 0 Å². The van der Waals surface area contributed by atoms with Crippen LogP contribution in [0.15, 0.2) is 29.3 Å². The molecular formula is C13H15NO2S2. The van der Waals surface area contributed by atoms with E-state index in [0.29, 0.717) is 5.75 Å². The quantitative estimate of drug-likeness (QED) is 0.793. The maximum absolute atomic E-state index is 11.4. The average Bonchev–Trinajstić information content (AvgIpc) is 2.35. The fraction of sp³-hybridized carbons (Fsp3) is 0.385. The Labute approximate surface area is 115 Å². The Morgan fingerprint density at radius 2 is 2.28 bits per heavy atom. The largest absolute Gasteiger partial charge is 0.462 e. The van der Waals surface area contributed by atoms with Gasteiger partial charge in [-0.2, -0.15) is 0 Å². The van der Waals surface area contributed by atoms with E-state index in [1.165, 1.54) is 17.3 Å². The fourth-order valence-corrected chi connectivity index (χ4v) is 3.35. The van der Waals surface area contributed by atoms with E-state index in [4.69, 9.17) is 4.74 Å². The number of rotatable bonds is 3. The first kappa shape index (κ1) is 13.5. The Balaban J connectivity index is 1.92. The van der Waals surface area contributed by atoms with Gasteiger partial charge in [-0.15, -0.1) is 0 Å². The minimum atomic E-state index is -0.183. The summed E-state index contributed by atoms with van der Waals surface area (Å²) in [4.78, 5) is 16.0. The van der Waals surface area contributed by atoms with Gasteiger partial charge in [0.05, 0.1) is 17.5 Å². The lowest BCUT2D eigenvalue weighted by atomic mass is 10.2. The fourth-order valence-electron chi connectivity index (χ4n) is 1.50. The van der Waals surface area contributed by atoms with Crippen LogP contribution < -0.4 is 0 Å². The number of hydrogen-bond donors (Lipinski definition) is 0. The number of ether oxygens (including phenoxy) is 1. The van der Waals surface area contributed by atoms with Crippen LogP contribution in [-0.2, 0) is 15.3 Å². The van der Waals surface area contributed by atoms with Gasteiger partial charge in [-0.3, -0.25) is 4.79 Å². The van der Waals surface area contributed by atoms with Gasteiger partial charge in [0.2, 0.25) is 0 Å². The van der Waals surface area contributed by atoms with Crippen molar-refractivity contribution in [3.63, 3.8) is 0 Å². The molecule has 0 N–H and O–H groups in total. The number of esters is 1. The van der Waals surface area contributed by atoms with Gasteiger partial charge in [0.1, 0.15) is 4.38 Å². The molecule has 0 atom stereocenters. The highest BCUT2D eigenvalue weighted by Crippen LogP contribution is 2.34. The van der Waals surface area contributed by atoms with Gasteiger partial charge in [-0.1, -0.05) is 41.7 Å². The van der Waals surface area contributed by atoms with Gasteiger partial charge < -0.3 is 4.74 Å². The summed E-state index contributed by atoms with van der Waals surface area (Å²) in [6.45, 7) is 3.71. The zero-order chi connectivity index (χ0) is 13.0. The standard InChI is InChI=1S/C13H15NO2S2/c1-9(2)16-12(15)8-18-13-14-11-6-4-3-5-10(11)7-17-13/h3-6,9H,7-8H2,1-2H3. The van der Waals surface area contributed by atoms with Crippen molar-refractivity contribution in [2.24, 2.45) is 4.99 Å². The van der Waals surface area contributed by atoms with E-state index < -0.39 is 0 Å². The molecule has 1 aromatic rings. The van der Waals surface area contributed by atoms with Crippen molar-refractivity contribution in [2.45, 2.75) is 25.7 Å². The topological polar surface area (TPSA) is 38.7 Å². The van der Waals surface area contributed by atoms with Crippen LogP contribution in [0.2, 0.25) is 0 Å². The third kappa shape index (κ3) is 3.78. The molecule has 0 saturated carbocycles. The highest BCUT2D eigenvalue weighted by molar-refractivity contribution is 8.38. The van der Waals surface area contributed by atoms with Crippen LogP contribution in [0.5, 0.6) is 0 Å². The van der Waals surface area contributed by atoms with Crippen molar-refractivity contribution in [1.29, 1.82) is 0 Å². The molecule has 5 heteroatoms. The molecule has 1 aromatic carbocycles. The number of fused-ring (bicyclic) bond motifs is 1. The molecule has 3 nitrogen and oxygen atoms in total. The number of carbonyl (C=O) groups is 1. The third-order valence-electron chi connectivity index (χ3n) is 2.24. The van der Waals surface area contributed by atoms with Gasteiger partial charge in [0.25, 0.3) is 0 Å². The molecule has 0 bridgehead atoms. The third-order valence-corrected chi connectivity index (χ3v) is 4.45. The van der Waals surface area contributed by atoms with Crippen molar-refractivity contribution in [1.82, 2.24) is 0 Å². The van der Waals surface area contributed by atoms with Gasteiger partial charge >= 0.3 is 5.97 Å². The molecule has 0 unspecified atom stereocenters. The monoisotopic (exact) mass is 281 g/mol. The first-order chi connectivity index (χ1) is 8.65. The maximum atomic E-state index is 11.4. The predicted octanol–water partition coefficient (Wildman–Crippen LogP) is 3.61. The summed E-state index contributed by atoms with van der Waals surface area (Å²) in [5, 5.41) is 0. The van der Waals surface area contributed by atoms with E-state index in [2.05, 4.69) is 11.1 Å². The van der Waals surface area contributed by atoms with Crippen LogP contribution in [0.25, 0.3) is 0 Å². The molecule has 2 rings (SSSR count). The summed E-state index contributed by atoms with van der Waals surface area (Å²) in [5.41, 5.74) is 2.26. The SMILES string of the molecule is CC(C)OC(=O)CSC1=Nc2ccccc2CS1. The minimum Gasteiger partial charge on any atom is -0.462 e. The smallest absolute Gasteiger partial charge is 0.316 e. The van der Waals surface area contributed by atoms with Gasteiger partial charge in [0, 0.05) is 5.75 Å². The lowest BCUT2D eigenvalue weighted by Crippen LogP contribution is -2.14. The summed E-state index contributed by atoms with van der Waals surface area (Å²) in [5.74, 6) is 1.06. The van der Waals surface area contributed by atoms with Crippen molar-refractivity contribution in [3.8, 4) is 0 Å². The maximum Gasteiger partial charge on any atom is 0.316 e. The lowest BCUT2D eigenvalue weighted by Gasteiger charge is -2.14. The van der Waals surface area contributed by atoms with Crippen molar-refractivity contribution >= 4 is 39.6 Å². The van der Waals surface area contributed by atoms with E-state index in [1.807, 2.05) is 32.0 Å². The molecular weight excluding hydrogens is 266 g/mol. The molecule has 1 aliphatic rings. The first-order valence-electron chi connectivity index (χ1n) is 5.77. The summed E-state index contributed by atoms with van der Waals surface area (Å²) in [6.07, 6.45) is -0.0558. The first-order valence-corrected chi connectivity index (χ1v) is 7.74. The molecule has 0 aromatic heterocycles. The number of para-hydroxylation sites is 1. The molecule has 1 aliphatic heterocycles. The van der Waals surface area contributed by atoms with Gasteiger partial charge in [0.15, 0.2) is 0 Å². The number of thioether (sulfide) groups is 2. The lowest BCUT2D eigenvalue weighted by molar-refractivity contribution is -0.144. The zero-order valence-electron chi connectivity index (χ0n) is 10.4. The number of aliphatic imine (C=N–C) groups is 1. The Morgan fingerprint density at radius 1 is 1.50 bits per heavy atom. The molecule has 0 amide bonds. The summed E-state index contributed by atoms with van der Waals surface area (Å²) in [6, 6.07) is 8.09. The van der Waals surface area contributed by atoms with Gasteiger partial charge in [-0.05, 0) is 25.5 Å². The number of benzene rings is 1. The number of nitrogens with zero attached hydrogens (tertiary/aromatic N) is 1. The van der Waals surface area contributed by atoms with E-state index in [1.54, 1.807) is 11.8 Å². The Kier molecular flexibility index (Phi) is 4.72. The van der Waals surface area contributed by atoms with Crippen LogP contribution in [-0.4, -0.2) is 22.2 Å². The summed E-state index contributed by atoms with van der Waals surface area (Å²) < 4.78 is 6.03. The number of carbonyl (C=O) groups excluding carboxylic acids is 1. The predicted molar refractivity (Wildman–Crippen MR) is 78.5 cm³/mol. The molecule has 0 spiro atoms. The average molecular weight is 281 g/mol.